The first-order chi connectivity index (χ1) is 10.6. The number of hydrogen-bond donors (Lipinski definition) is 0. The van der Waals surface area contributed by atoms with Gasteiger partial charge in [-0.25, -0.2) is 0 Å². The molecule has 0 aromatic heterocycles. The van der Waals surface area contributed by atoms with Gasteiger partial charge in [0.1, 0.15) is 17.6 Å². The zero-order chi connectivity index (χ0) is 15.9. The second kappa shape index (κ2) is 8.17. The Morgan fingerprint density at radius 1 is 1.18 bits per heavy atom. The number of benzene rings is 2. The van der Waals surface area contributed by atoms with Crippen molar-refractivity contribution >= 4 is 28.6 Å². The second-order valence-corrected chi connectivity index (χ2v) is 6.09. The molecule has 0 aliphatic rings. The van der Waals surface area contributed by atoms with Crippen LogP contribution >= 0.6 is 22.6 Å². The molecule has 2 aromatic rings. The fourth-order valence-corrected chi connectivity index (χ4v) is 2.76. The highest BCUT2D eigenvalue weighted by atomic mass is 127. The SMILES string of the molecule is CC(=O)Oc1ccc(OC(CCI)c2ccccc2)c(C)c1. The summed E-state index contributed by atoms with van der Waals surface area (Å²) in [5.74, 6) is 1.04. The van der Waals surface area contributed by atoms with Crippen LogP contribution in [0.25, 0.3) is 0 Å². The standard InChI is InChI=1S/C18H19IO3/c1-13-12-16(21-14(2)20)8-9-17(13)22-18(10-11-19)15-6-4-3-5-7-15/h3-9,12,18H,10-11H2,1-2H3. The molecule has 1 atom stereocenters. The highest BCUT2D eigenvalue weighted by molar-refractivity contribution is 14.1. The lowest BCUT2D eigenvalue weighted by Gasteiger charge is -2.20. The van der Waals surface area contributed by atoms with E-state index in [9.17, 15) is 4.79 Å². The molecular weight excluding hydrogens is 391 g/mol. The molecule has 0 fully saturated rings. The second-order valence-electron chi connectivity index (χ2n) is 5.02. The fourth-order valence-electron chi connectivity index (χ4n) is 2.20. The molecule has 2 aromatic carbocycles. The van der Waals surface area contributed by atoms with Gasteiger partial charge >= 0.3 is 5.97 Å². The van der Waals surface area contributed by atoms with Gasteiger partial charge in [-0.3, -0.25) is 4.79 Å². The highest BCUT2D eigenvalue weighted by Gasteiger charge is 2.14. The normalized spacial score (nSPS) is 11.8. The van der Waals surface area contributed by atoms with Crippen molar-refractivity contribution in [1.82, 2.24) is 0 Å². The zero-order valence-electron chi connectivity index (χ0n) is 12.7. The number of ether oxygens (including phenoxy) is 2. The summed E-state index contributed by atoms with van der Waals surface area (Å²) in [6.07, 6.45) is 0.965. The molecule has 0 radical (unpaired) electrons. The van der Waals surface area contributed by atoms with Crippen molar-refractivity contribution in [2.45, 2.75) is 26.4 Å². The van der Waals surface area contributed by atoms with Crippen molar-refractivity contribution < 1.29 is 14.3 Å². The maximum atomic E-state index is 11.0. The van der Waals surface area contributed by atoms with E-state index in [0.717, 1.165) is 22.2 Å². The fraction of sp³-hybridized carbons (Fsp3) is 0.278. The van der Waals surface area contributed by atoms with Crippen LogP contribution in [-0.2, 0) is 4.79 Å². The van der Waals surface area contributed by atoms with E-state index in [0.29, 0.717) is 5.75 Å². The molecule has 0 N–H and O–H groups in total. The Kier molecular flexibility index (Phi) is 6.24. The van der Waals surface area contributed by atoms with Crippen LogP contribution < -0.4 is 9.47 Å². The van der Waals surface area contributed by atoms with Crippen LogP contribution in [0.4, 0.5) is 0 Å². The van der Waals surface area contributed by atoms with Gasteiger partial charge in [0.2, 0.25) is 0 Å². The average Bonchev–Trinajstić information content (AvgIpc) is 2.49. The molecule has 0 saturated carbocycles. The van der Waals surface area contributed by atoms with Crippen molar-refractivity contribution in [2.24, 2.45) is 0 Å². The van der Waals surface area contributed by atoms with E-state index in [-0.39, 0.29) is 12.1 Å². The average molecular weight is 410 g/mol. The molecule has 1 unspecified atom stereocenters. The number of rotatable bonds is 6. The molecule has 0 bridgehead atoms. The molecule has 4 heteroatoms. The van der Waals surface area contributed by atoms with Gasteiger partial charge in [0.25, 0.3) is 0 Å². The molecule has 0 amide bonds. The van der Waals surface area contributed by atoms with Crippen molar-refractivity contribution in [3.63, 3.8) is 0 Å². The minimum absolute atomic E-state index is 0.0244. The van der Waals surface area contributed by atoms with Crippen molar-refractivity contribution in [1.29, 1.82) is 0 Å². The zero-order valence-corrected chi connectivity index (χ0v) is 14.9. The van der Waals surface area contributed by atoms with Crippen LogP contribution in [-0.4, -0.2) is 10.4 Å². The van der Waals surface area contributed by atoms with Gasteiger partial charge in [0.15, 0.2) is 0 Å². The number of halogens is 1. The number of hydrogen-bond acceptors (Lipinski definition) is 3. The summed E-state index contributed by atoms with van der Waals surface area (Å²) < 4.78 is 12.3. The van der Waals surface area contributed by atoms with Gasteiger partial charge in [-0.1, -0.05) is 52.9 Å². The number of alkyl halides is 1. The van der Waals surface area contributed by atoms with Gasteiger partial charge in [0.05, 0.1) is 0 Å². The van der Waals surface area contributed by atoms with E-state index in [4.69, 9.17) is 9.47 Å². The monoisotopic (exact) mass is 410 g/mol. The number of aryl methyl sites for hydroxylation is 1. The van der Waals surface area contributed by atoms with Gasteiger partial charge < -0.3 is 9.47 Å². The first-order valence-corrected chi connectivity index (χ1v) is 8.69. The first-order valence-electron chi connectivity index (χ1n) is 7.17. The van der Waals surface area contributed by atoms with Crippen LogP contribution in [0.3, 0.4) is 0 Å². The Morgan fingerprint density at radius 2 is 1.91 bits per heavy atom. The van der Waals surface area contributed by atoms with E-state index in [1.807, 2.05) is 37.3 Å². The van der Waals surface area contributed by atoms with E-state index >= 15 is 0 Å². The summed E-state index contributed by atoms with van der Waals surface area (Å²) in [6, 6.07) is 15.7. The summed E-state index contributed by atoms with van der Waals surface area (Å²) >= 11 is 2.36. The lowest BCUT2D eigenvalue weighted by Crippen LogP contribution is -2.09. The number of carbonyl (C=O) groups excluding carboxylic acids is 1. The van der Waals surface area contributed by atoms with Gasteiger partial charge in [-0.05, 0) is 42.7 Å². The quantitative estimate of drug-likeness (QED) is 0.295. The van der Waals surface area contributed by atoms with Gasteiger partial charge in [-0.2, -0.15) is 0 Å². The van der Waals surface area contributed by atoms with Gasteiger partial charge in [0, 0.05) is 11.4 Å². The van der Waals surface area contributed by atoms with Crippen LogP contribution in [0, 0.1) is 6.92 Å². The molecule has 0 aliphatic carbocycles. The summed E-state index contributed by atoms with van der Waals surface area (Å²) in [5, 5.41) is 0. The summed E-state index contributed by atoms with van der Waals surface area (Å²) in [6.45, 7) is 3.35. The lowest BCUT2D eigenvalue weighted by molar-refractivity contribution is -0.131. The third-order valence-corrected chi connectivity index (χ3v) is 3.84. The van der Waals surface area contributed by atoms with Crippen molar-refractivity contribution in [3.8, 4) is 11.5 Å². The Labute approximate surface area is 144 Å². The molecule has 3 nitrogen and oxygen atoms in total. The Bertz CT molecular complexity index is 625. The molecule has 2 rings (SSSR count). The van der Waals surface area contributed by atoms with Crippen LogP contribution in [0.1, 0.15) is 30.6 Å². The van der Waals surface area contributed by atoms with Crippen LogP contribution in [0.15, 0.2) is 48.5 Å². The predicted octanol–water partition coefficient (Wildman–Crippen LogP) is 4.87. The van der Waals surface area contributed by atoms with Crippen LogP contribution in [0.2, 0.25) is 0 Å². The largest absolute Gasteiger partial charge is 0.485 e. The Balaban J connectivity index is 2.18. The van der Waals surface area contributed by atoms with E-state index in [1.54, 1.807) is 6.07 Å². The Hall–Kier alpha value is -1.56. The molecule has 116 valence electrons. The van der Waals surface area contributed by atoms with Crippen LogP contribution in [0.5, 0.6) is 11.5 Å². The number of esters is 1. The summed E-state index contributed by atoms with van der Waals surface area (Å²) in [4.78, 5) is 11.0. The molecule has 22 heavy (non-hydrogen) atoms. The molecular formula is C18H19IO3. The van der Waals surface area contributed by atoms with Gasteiger partial charge in [-0.15, -0.1) is 0 Å². The third kappa shape index (κ3) is 4.73. The third-order valence-electron chi connectivity index (χ3n) is 3.22. The molecule has 0 aliphatic heterocycles. The minimum Gasteiger partial charge on any atom is -0.485 e. The topological polar surface area (TPSA) is 35.5 Å². The minimum atomic E-state index is -0.319. The number of carbonyl (C=O) groups is 1. The Morgan fingerprint density at radius 3 is 2.50 bits per heavy atom. The van der Waals surface area contributed by atoms with E-state index < -0.39 is 0 Å². The van der Waals surface area contributed by atoms with E-state index in [1.165, 1.54) is 12.5 Å². The predicted molar refractivity (Wildman–Crippen MR) is 95.8 cm³/mol. The maximum Gasteiger partial charge on any atom is 0.308 e. The lowest BCUT2D eigenvalue weighted by atomic mass is 10.1. The van der Waals surface area contributed by atoms with E-state index in [2.05, 4.69) is 34.7 Å². The smallest absolute Gasteiger partial charge is 0.308 e. The molecule has 0 heterocycles. The van der Waals surface area contributed by atoms with Crippen molar-refractivity contribution in [2.75, 3.05) is 4.43 Å². The molecule has 0 saturated heterocycles. The summed E-state index contributed by atoms with van der Waals surface area (Å²) in [5.41, 5.74) is 2.12. The maximum absolute atomic E-state index is 11.0. The first kappa shape index (κ1) is 16.8. The summed E-state index contributed by atoms with van der Waals surface area (Å²) in [7, 11) is 0. The highest BCUT2D eigenvalue weighted by Crippen LogP contribution is 2.30. The van der Waals surface area contributed by atoms with Crippen molar-refractivity contribution in [3.05, 3.63) is 59.7 Å². The molecule has 0 spiro atoms.